The van der Waals surface area contributed by atoms with Crippen molar-refractivity contribution in [3.63, 3.8) is 0 Å². The second-order valence-corrected chi connectivity index (χ2v) is 4.99. The molecule has 1 N–H and O–H groups in total. The van der Waals surface area contributed by atoms with Crippen LogP contribution in [-0.4, -0.2) is 0 Å². The molecule has 2 rings (SSSR count). The second-order valence-electron chi connectivity index (χ2n) is 4.11. The van der Waals surface area contributed by atoms with Crippen LogP contribution in [0.4, 0.5) is 10.1 Å². The van der Waals surface area contributed by atoms with Crippen LogP contribution in [0, 0.1) is 12.7 Å². The molecule has 0 bridgehead atoms. The lowest BCUT2D eigenvalue weighted by Gasteiger charge is -2.09. The van der Waals surface area contributed by atoms with Crippen LogP contribution in [0.25, 0.3) is 0 Å². The molecule has 4 heteroatoms. The maximum Gasteiger partial charge on any atom is 0.146 e. The van der Waals surface area contributed by atoms with Crippen molar-refractivity contribution >= 4 is 28.9 Å². The fraction of sp³-hybridized carbons (Fsp3) is 0.143. The van der Waals surface area contributed by atoms with E-state index >= 15 is 0 Å². The van der Waals surface area contributed by atoms with Gasteiger partial charge in [0, 0.05) is 16.6 Å². The van der Waals surface area contributed by atoms with Crippen LogP contribution < -0.4 is 5.32 Å². The topological polar surface area (TPSA) is 12.0 Å². The van der Waals surface area contributed by atoms with Crippen LogP contribution in [0.15, 0.2) is 36.4 Å². The van der Waals surface area contributed by atoms with Gasteiger partial charge in [0.2, 0.25) is 0 Å². The Hall–Kier alpha value is -1.25. The van der Waals surface area contributed by atoms with Gasteiger partial charge in [0.15, 0.2) is 0 Å². The zero-order valence-corrected chi connectivity index (χ0v) is 11.3. The van der Waals surface area contributed by atoms with E-state index in [1.165, 1.54) is 6.07 Å². The molecule has 0 spiro atoms. The van der Waals surface area contributed by atoms with Gasteiger partial charge in [-0.15, -0.1) is 0 Å². The normalized spacial score (nSPS) is 10.4. The van der Waals surface area contributed by atoms with E-state index in [0.717, 1.165) is 11.1 Å². The average molecular weight is 284 g/mol. The first-order chi connectivity index (χ1) is 8.54. The summed E-state index contributed by atoms with van der Waals surface area (Å²) in [5, 5.41) is 4.16. The third kappa shape index (κ3) is 3.37. The molecule has 2 aromatic rings. The minimum absolute atomic E-state index is 0.261. The van der Waals surface area contributed by atoms with Crippen LogP contribution in [0.2, 0.25) is 10.0 Å². The van der Waals surface area contributed by atoms with Crippen LogP contribution in [0.1, 0.15) is 11.1 Å². The summed E-state index contributed by atoms with van der Waals surface area (Å²) in [6, 6.07) is 10.3. The number of benzene rings is 2. The summed E-state index contributed by atoms with van der Waals surface area (Å²) in [5.74, 6) is -0.261. The third-order valence-electron chi connectivity index (χ3n) is 2.53. The molecular formula is C14H12Cl2FN. The lowest BCUT2D eigenvalue weighted by molar-refractivity contribution is 0.629. The Morgan fingerprint density at radius 2 is 1.72 bits per heavy atom. The smallest absolute Gasteiger partial charge is 0.146 e. The highest BCUT2D eigenvalue weighted by Crippen LogP contribution is 2.21. The molecule has 0 aliphatic rings. The molecule has 0 amide bonds. The number of halogens is 3. The Bertz CT molecular complexity index is 549. The maximum absolute atomic E-state index is 13.6. The van der Waals surface area contributed by atoms with Crippen LogP contribution in [0.3, 0.4) is 0 Å². The maximum atomic E-state index is 13.6. The Balaban J connectivity index is 2.11. The third-order valence-corrected chi connectivity index (χ3v) is 2.97. The molecule has 0 aliphatic heterocycles. The molecule has 0 radical (unpaired) electrons. The van der Waals surface area contributed by atoms with E-state index in [1.54, 1.807) is 24.3 Å². The van der Waals surface area contributed by atoms with Gasteiger partial charge in [0.25, 0.3) is 0 Å². The van der Waals surface area contributed by atoms with Gasteiger partial charge >= 0.3 is 0 Å². The number of anilines is 1. The number of hydrogen-bond acceptors (Lipinski definition) is 1. The molecule has 0 saturated heterocycles. The molecule has 0 aliphatic carbocycles. The first kappa shape index (κ1) is 13.2. The van der Waals surface area contributed by atoms with Gasteiger partial charge in [0.05, 0.1) is 5.69 Å². The summed E-state index contributed by atoms with van der Waals surface area (Å²) in [7, 11) is 0. The van der Waals surface area contributed by atoms with Gasteiger partial charge in [0.1, 0.15) is 5.82 Å². The molecule has 0 unspecified atom stereocenters. The monoisotopic (exact) mass is 283 g/mol. The zero-order valence-electron chi connectivity index (χ0n) is 9.81. The zero-order chi connectivity index (χ0) is 13.1. The van der Waals surface area contributed by atoms with Gasteiger partial charge < -0.3 is 5.32 Å². The molecule has 18 heavy (non-hydrogen) atoms. The SMILES string of the molecule is Cc1ccc(NCc2cc(Cl)cc(Cl)c2)c(F)c1. The van der Waals surface area contributed by atoms with E-state index in [1.807, 2.05) is 13.0 Å². The quantitative estimate of drug-likeness (QED) is 0.831. The number of hydrogen-bond donors (Lipinski definition) is 1. The minimum atomic E-state index is -0.261. The Kier molecular flexibility index (Phi) is 4.10. The number of aryl methyl sites for hydroxylation is 1. The van der Waals surface area contributed by atoms with Crippen molar-refractivity contribution < 1.29 is 4.39 Å². The Labute approximate surface area is 116 Å². The molecule has 0 saturated carbocycles. The summed E-state index contributed by atoms with van der Waals surface area (Å²) in [4.78, 5) is 0. The standard InChI is InChI=1S/C14H12Cl2FN/c1-9-2-3-14(13(17)4-9)18-8-10-5-11(15)7-12(16)6-10/h2-7,18H,8H2,1H3. The van der Waals surface area contributed by atoms with Crippen molar-refractivity contribution in [3.05, 3.63) is 63.4 Å². The van der Waals surface area contributed by atoms with E-state index in [4.69, 9.17) is 23.2 Å². The molecule has 94 valence electrons. The highest BCUT2D eigenvalue weighted by molar-refractivity contribution is 6.34. The van der Waals surface area contributed by atoms with E-state index < -0.39 is 0 Å². The van der Waals surface area contributed by atoms with E-state index in [2.05, 4.69) is 5.32 Å². The van der Waals surface area contributed by atoms with E-state index in [0.29, 0.717) is 22.3 Å². The van der Waals surface area contributed by atoms with Gasteiger partial charge in [-0.25, -0.2) is 4.39 Å². The van der Waals surface area contributed by atoms with Gasteiger partial charge in [-0.05, 0) is 48.4 Å². The minimum Gasteiger partial charge on any atom is -0.379 e. The predicted octanol–water partition coefficient (Wildman–Crippen LogP) is 5.05. The van der Waals surface area contributed by atoms with Gasteiger partial charge in [-0.2, -0.15) is 0 Å². The summed E-state index contributed by atoms with van der Waals surface area (Å²) in [6.07, 6.45) is 0. The fourth-order valence-corrected chi connectivity index (χ4v) is 2.25. The fourth-order valence-electron chi connectivity index (χ4n) is 1.67. The summed E-state index contributed by atoms with van der Waals surface area (Å²) < 4.78 is 13.6. The van der Waals surface area contributed by atoms with Crippen molar-refractivity contribution in [1.29, 1.82) is 0 Å². The van der Waals surface area contributed by atoms with Crippen LogP contribution in [-0.2, 0) is 6.54 Å². The Morgan fingerprint density at radius 3 is 2.33 bits per heavy atom. The molecular weight excluding hydrogens is 272 g/mol. The first-order valence-electron chi connectivity index (χ1n) is 5.49. The second kappa shape index (κ2) is 5.59. The van der Waals surface area contributed by atoms with Gasteiger partial charge in [-0.1, -0.05) is 29.3 Å². The first-order valence-corrected chi connectivity index (χ1v) is 6.25. The summed E-state index contributed by atoms with van der Waals surface area (Å²) >= 11 is 11.8. The van der Waals surface area contributed by atoms with Crippen molar-refractivity contribution in [1.82, 2.24) is 0 Å². The van der Waals surface area contributed by atoms with Crippen LogP contribution >= 0.6 is 23.2 Å². The van der Waals surface area contributed by atoms with Crippen molar-refractivity contribution in [3.8, 4) is 0 Å². The van der Waals surface area contributed by atoms with Crippen molar-refractivity contribution in [2.24, 2.45) is 0 Å². The molecule has 1 nitrogen and oxygen atoms in total. The van der Waals surface area contributed by atoms with Crippen molar-refractivity contribution in [2.75, 3.05) is 5.32 Å². The lowest BCUT2D eigenvalue weighted by atomic mass is 10.2. The largest absolute Gasteiger partial charge is 0.379 e. The number of rotatable bonds is 3. The lowest BCUT2D eigenvalue weighted by Crippen LogP contribution is -2.01. The average Bonchev–Trinajstić information content (AvgIpc) is 2.26. The molecule has 0 fully saturated rings. The molecule has 0 aromatic heterocycles. The molecule has 2 aromatic carbocycles. The summed E-state index contributed by atoms with van der Waals surface area (Å²) in [6.45, 7) is 2.32. The van der Waals surface area contributed by atoms with E-state index in [9.17, 15) is 4.39 Å². The van der Waals surface area contributed by atoms with Crippen molar-refractivity contribution in [2.45, 2.75) is 13.5 Å². The number of nitrogens with one attached hydrogen (secondary N) is 1. The van der Waals surface area contributed by atoms with Gasteiger partial charge in [-0.3, -0.25) is 0 Å². The van der Waals surface area contributed by atoms with E-state index in [-0.39, 0.29) is 5.82 Å². The highest BCUT2D eigenvalue weighted by Gasteiger charge is 2.03. The molecule has 0 atom stereocenters. The summed E-state index contributed by atoms with van der Waals surface area (Å²) in [5.41, 5.74) is 2.27. The molecule has 0 heterocycles. The van der Waals surface area contributed by atoms with Crippen LogP contribution in [0.5, 0.6) is 0 Å². The highest BCUT2D eigenvalue weighted by atomic mass is 35.5. The predicted molar refractivity (Wildman–Crippen MR) is 74.9 cm³/mol. The Morgan fingerprint density at radius 1 is 1.06 bits per heavy atom.